The summed E-state index contributed by atoms with van der Waals surface area (Å²) in [5.74, 6) is 0.448. The van der Waals surface area contributed by atoms with Crippen LogP contribution >= 0.6 is 0 Å². The van der Waals surface area contributed by atoms with Crippen molar-refractivity contribution in [3.8, 4) is 5.75 Å². The summed E-state index contributed by atoms with van der Waals surface area (Å²) < 4.78 is 5.31. The minimum absolute atomic E-state index is 0.0141. The van der Waals surface area contributed by atoms with Crippen LogP contribution in [0, 0.1) is 6.92 Å². The number of rotatable bonds is 5. The Bertz CT molecular complexity index is 774. The molecular weight excluding hydrogens is 316 g/mol. The number of carbonyl (C=O) groups excluding carboxylic acids is 2. The average molecular weight is 338 g/mol. The highest BCUT2D eigenvalue weighted by Gasteiger charge is 2.36. The van der Waals surface area contributed by atoms with Gasteiger partial charge in [0.2, 0.25) is 11.8 Å². The van der Waals surface area contributed by atoms with Gasteiger partial charge in [-0.25, -0.2) is 0 Å². The summed E-state index contributed by atoms with van der Waals surface area (Å²) in [6.45, 7) is 2.40. The zero-order chi connectivity index (χ0) is 17.8. The van der Waals surface area contributed by atoms with Gasteiger partial charge in [0.1, 0.15) is 11.8 Å². The van der Waals surface area contributed by atoms with Crippen molar-refractivity contribution in [3.05, 3.63) is 59.7 Å². The van der Waals surface area contributed by atoms with E-state index in [-0.39, 0.29) is 11.8 Å². The molecule has 0 spiro atoms. The molecule has 1 heterocycles. The van der Waals surface area contributed by atoms with Crippen molar-refractivity contribution in [3.63, 3.8) is 0 Å². The van der Waals surface area contributed by atoms with Crippen molar-refractivity contribution in [2.75, 3.05) is 12.4 Å². The normalized spacial score (nSPS) is 16.8. The molecular formula is C20H22N2O3. The fourth-order valence-corrected chi connectivity index (χ4v) is 3.12. The molecule has 25 heavy (non-hydrogen) atoms. The van der Waals surface area contributed by atoms with E-state index in [0.717, 1.165) is 11.1 Å². The van der Waals surface area contributed by atoms with E-state index in [1.54, 1.807) is 12.0 Å². The lowest BCUT2D eigenvalue weighted by Gasteiger charge is -2.24. The number of aryl methyl sites for hydroxylation is 1. The third-order valence-corrected chi connectivity index (χ3v) is 4.44. The number of nitrogens with one attached hydrogen (secondary N) is 1. The van der Waals surface area contributed by atoms with Crippen molar-refractivity contribution < 1.29 is 14.3 Å². The van der Waals surface area contributed by atoms with Crippen LogP contribution in [0.5, 0.6) is 5.75 Å². The predicted octanol–water partition coefficient (Wildman–Crippen LogP) is 3.13. The molecule has 2 aromatic rings. The highest BCUT2D eigenvalue weighted by atomic mass is 16.5. The van der Waals surface area contributed by atoms with Crippen LogP contribution in [0.1, 0.15) is 24.0 Å². The maximum atomic E-state index is 12.8. The summed E-state index contributed by atoms with van der Waals surface area (Å²) >= 11 is 0. The van der Waals surface area contributed by atoms with Crippen molar-refractivity contribution in [1.82, 2.24) is 4.90 Å². The Morgan fingerprint density at radius 1 is 1.24 bits per heavy atom. The molecule has 1 aliphatic rings. The third kappa shape index (κ3) is 3.82. The SMILES string of the molecule is COc1ccc(C)cc1NC(=O)C1CCC(=O)N1Cc1ccccc1. The average Bonchev–Trinajstić information content (AvgIpc) is 2.97. The molecule has 130 valence electrons. The van der Waals surface area contributed by atoms with Crippen LogP contribution in [0.15, 0.2) is 48.5 Å². The lowest BCUT2D eigenvalue weighted by atomic mass is 10.1. The smallest absolute Gasteiger partial charge is 0.247 e. The highest BCUT2D eigenvalue weighted by Crippen LogP contribution is 2.28. The van der Waals surface area contributed by atoms with Crippen molar-refractivity contribution in [1.29, 1.82) is 0 Å². The maximum Gasteiger partial charge on any atom is 0.247 e. The molecule has 1 aliphatic heterocycles. The maximum absolute atomic E-state index is 12.8. The number of hydrogen-bond donors (Lipinski definition) is 1. The van der Waals surface area contributed by atoms with Crippen molar-refractivity contribution in [2.24, 2.45) is 0 Å². The van der Waals surface area contributed by atoms with E-state index < -0.39 is 6.04 Å². The van der Waals surface area contributed by atoms with E-state index in [2.05, 4.69) is 5.32 Å². The number of hydrogen-bond acceptors (Lipinski definition) is 3. The molecule has 1 atom stereocenters. The summed E-state index contributed by atoms with van der Waals surface area (Å²) in [6, 6.07) is 14.9. The zero-order valence-corrected chi connectivity index (χ0v) is 14.5. The van der Waals surface area contributed by atoms with Gasteiger partial charge in [-0.05, 0) is 36.6 Å². The van der Waals surface area contributed by atoms with Gasteiger partial charge in [0.25, 0.3) is 0 Å². The third-order valence-electron chi connectivity index (χ3n) is 4.44. The summed E-state index contributed by atoms with van der Waals surface area (Å²) in [4.78, 5) is 26.7. The minimum atomic E-state index is -0.460. The molecule has 0 aromatic heterocycles. The number of methoxy groups -OCH3 is 1. The monoisotopic (exact) mass is 338 g/mol. The summed E-state index contributed by atoms with van der Waals surface area (Å²) in [5, 5.41) is 2.92. The molecule has 0 bridgehead atoms. The molecule has 1 unspecified atom stereocenters. The van der Waals surface area contributed by atoms with Gasteiger partial charge in [0.05, 0.1) is 12.8 Å². The molecule has 1 fully saturated rings. The Labute approximate surface area is 147 Å². The molecule has 0 saturated carbocycles. The van der Waals surface area contributed by atoms with Gasteiger partial charge in [-0.3, -0.25) is 9.59 Å². The van der Waals surface area contributed by atoms with Gasteiger partial charge < -0.3 is 15.0 Å². The lowest BCUT2D eigenvalue weighted by Crippen LogP contribution is -2.41. The van der Waals surface area contributed by atoms with E-state index in [1.807, 2.05) is 55.5 Å². The Morgan fingerprint density at radius 3 is 2.72 bits per heavy atom. The molecule has 0 aliphatic carbocycles. The molecule has 5 nitrogen and oxygen atoms in total. The molecule has 2 amide bonds. The van der Waals surface area contributed by atoms with Gasteiger partial charge in [-0.15, -0.1) is 0 Å². The molecule has 0 radical (unpaired) electrons. The summed E-state index contributed by atoms with van der Waals surface area (Å²) in [6.07, 6.45) is 0.932. The first-order chi connectivity index (χ1) is 12.1. The second kappa shape index (κ2) is 7.38. The molecule has 3 rings (SSSR count). The molecule has 2 aromatic carbocycles. The van der Waals surface area contributed by atoms with Crippen LogP contribution in [0.3, 0.4) is 0 Å². The van der Waals surface area contributed by atoms with Crippen LogP contribution < -0.4 is 10.1 Å². The van der Waals surface area contributed by atoms with Crippen molar-refractivity contribution in [2.45, 2.75) is 32.4 Å². The van der Waals surface area contributed by atoms with E-state index in [1.165, 1.54) is 0 Å². The quantitative estimate of drug-likeness (QED) is 0.911. The van der Waals surface area contributed by atoms with E-state index in [0.29, 0.717) is 30.8 Å². The summed E-state index contributed by atoms with van der Waals surface area (Å²) in [7, 11) is 1.57. The van der Waals surface area contributed by atoms with Gasteiger partial charge in [-0.2, -0.15) is 0 Å². The van der Waals surface area contributed by atoms with E-state index >= 15 is 0 Å². The molecule has 1 saturated heterocycles. The Balaban J connectivity index is 1.76. The predicted molar refractivity (Wildman–Crippen MR) is 96.4 cm³/mol. The van der Waals surface area contributed by atoms with Gasteiger partial charge in [-0.1, -0.05) is 36.4 Å². The molecule has 1 N–H and O–H groups in total. The van der Waals surface area contributed by atoms with Crippen LogP contribution in [-0.4, -0.2) is 29.9 Å². The first kappa shape index (κ1) is 17.0. The van der Waals surface area contributed by atoms with Gasteiger partial charge >= 0.3 is 0 Å². The van der Waals surface area contributed by atoms with Gasteiger partial charge in [0, 0.05) is 13.0 Å². The fraction of sp³-hybridized carbons (Fsp3) is 0.300. The molecule has 5 heteroatoms. The number of benzene rings is 2. The largest absolute Gasteiger partial charge is 0.495 e. The van der Waals surface area contributed by atoms with Crippen LogP contribution in [0.4, 0.5) is 5.69 Å². The summed E-state index contributed by atoms with van der Waals surface area (Å²) in [5.41, 5.74) is 2.68. The second-order valence-electron chi connectivity index (χ2n) is 6.25. The number of anilines is 1. The fourth-order valence-electron chi connectivity index (χ4n) is 3.12. The number of nitrogens with zero attached hydrogens (tertiary/aromatic N) is 1. The minimum Gasteiger partial charge on any atom is -0.495 e. The first-order valence-electron chi connectivity index (χ1n) is 8.37. The Hall–Kier alpha value is -2.82. The van der Waals surface area contributed by atoms with Crippen LogP contribution in [-0.2, 0) is 16.1 Å². The second-order valence-corrected chi connectivity index (χ2v) is 6.25. The highest BCUT2D eigenvalue weighted by molar-refractivity contribution is 5.99. The lowest BCUT2D eigenvalue weighted by molar-refractivity contribution is -0.133. The van der Waals surface area contributed by atoms with Gasteiger partial charge in [0.15, 0.2) is 0 Å². The number of ether oxygens (including phenoxy) is 1. The zero-order valence-electron chi connectivity index (χ0n) is 14.5. The Morgan fingerprint density at radius 2 is 2.00 bits per heavy atom. The van der Waals surface area contributed by atoms with Crippen molar-refractivity contribution >= 4 is 17.5 Å². The van der Waals surface area contributed by atoms with Crippen LogP contribution in [0.2, 0.25) is 0 Å². The number of likely N-dealkylation sites (tertiary alicyclic amines) is 1. The number of carbonyl (C=O) groups is 2. The topological polar surface area (TPSA) is 58.6 Å². The van der Waals surface area contributed by atoms with E-state index in [4.69, 9.17) is 4.74 Å². The van der Waals surface area contributed by atoms with E-state index in [9.17, 15) is 9.59 Å². The first-order valence-corrected chi connectivity index (χ1v) is 8.37. The number of amides is 2. The van der Waals surface area contributed by atoms with Crippen LogP contribution in [0.25, 0.3) is 0 Å². The standard InChI is InChI=1S/C20H22N2O3/c1-14-8-10-18(25-2)16(12-14)21-20(24)17-9-11-19(23)22(17)13-15-6-4-3-5-7-15/h3-8,10,12,17H,9,11,13H2,1-2H3,(H,21,24). The Kier molecular flexibility index (Phi) is 5.03.